The minimum Gasteiger partial charge on any atom is -0.374 e. The maximum Gasteiger partial charge on any atom is 0.156 e. The minimum absolute atomic E-state index is 0.00610. The Morgan fingerprint density at radius 3 is 2.03 bits per heavy atom. The molecule has 0 unspecified atom stereocenters. The maximum absolute atomic E-state index is 13.1. The third-order valence-corrected chi connectivity index (χ3v) is 9.64. The number of hydrogen-bond donors (Lipinski definition) is 0. The highest BCUT2D eigenvalue weighted by Gasteiger charge is 2.39. The van der Waals surface area contributed by atoms with Gasteiger partial charge in [-0.3, -0.25) is 0 Å². The molecule has 0 atom stereocenters. The summed E-state index contributed by atoms with van der Waals surface area (Å²) in [5, 5.41) is 28.1. The summed E-state index contributed by atoms with van der Waals surface area (Å²) in [6, 6.07) is 6.13. The van der Waals surface area contributed by atoms with Crippen LogP contribution in [0.5, 0.6) is 0 Å². The van der Waals surface area contributed by atoms with Gasteiger partial charge in [-0.25, -0.2) is 8.42 Å². The highest BCUT2D eigenvalue weighted by atomic mass is 32.2. The predicted molar refractivity (Wildman–Crippen MR) is 114 cm³/mol. The number of nitrogens with zero attached hydrogens (tertiary/aromatic N) is 4. The van der Waals surface area contributed by atoms with Crippen molar-refractivity contribution in [3.63, 3.8) is 0 Å². The molecule has 1 heterocycles. The number of rotatable bonds is 3. The van der Waals surface area contributed by atoms with Crippen molar-refractivity contribution in [2.24, 2.45) is 5.41 Å². The van der Waals surface area contributed by atoms with E-state index in [1.54, 1.807) is 0 Å². The highest BCUT2D eigenvalue weighted by molar-refractivity contribution is 7.92. The Hall–Kier alpha value is -2.30. The topological polar surface area (TPSA) is 109 Å². The fraction of sp³-hybridized carbons (Fsp3) is 0.696. The van der Waals surface area contributed by atoms with Gasteiger partial charge >= 0.3 is 0 Å². The fourth-order valence-electron chi connectivity index (χ4n) is 5.24. The summed E-state index contributed by atoms with van der Waals surface area (Å²) in [6.45, 7) is 5.34. The summed E-state index contributed by atoms with van der Waals surface area (Å²) in [6.07, 6.45) is 7.07. The lowest BCUT2D eigenvalue weighted by molar-refractivity contribution is 0.232. The van der Waals surface area contributed by atoms with Crippen molar-refractivity contribution in [3.8, 4) is 18.2 Å². The third kappa shape index (κ3) is 4.40. The number of hydrogen-bond acceptors (Lipinski definition) is 6. The lowest BCUT2D eigenvalue weighted by atomic mass is 9.72. The van der Waals surface area contributed by atoms with Gasteiger partial charge in [0.25, 0.3) is 0 Å². The van der Waals surface area contributed by atoms with Crippen LogP contribution in [0, 0.1) is 39.4 Å². The molecular formula is C23H30N4O2S. The van der Waals surface area contributed by atoms with Crippen LogP contribution in [0.1, 0.15) is 71.6 Å². The van der Waals surface area contributed by atoms with E-state index in [1.807, 2.05) is 12.1 Å². The Morgan fingerprint density at radius 1 is 0.933 bits per heavy atom. The highest BCUT2D eigenvalue weighted by Crippen LogP contribution is 2.44. The zero-order chi connectivity index (χ0) is 21.9. The van der Waals surface area contributed by atoms with E-state index in [0.29, 0.717) is 49.9 Å². The smallest absolute Gasteiger partial charge is 0.156 e. The minimum atomic E-state index is -3.12. The van der Waals surface area contributed by atoms with Gasteiger partial charge in [0.15, 0.2) is 9.84 Å². The predicted octanol–water partition coefficient (Wildman–Crippen LogP) is 4.14. The summed E-state index contributed by atoms with van der Waals surface area (Å²) in [5.41, 5.74) is 1.66. The van der Waals surface area contributed by atoms with Gasteiger partial charge in [-0.2, -0.15) is 15.8 Å². The van der Waals surface area contributed by atoms with E-state index in [2.05, 4.69) is 24.8 Å². The van der Waals surface area contributed by atoms with E-state index in [1.165, 1.54) is 0 Å². The molecule has 3 aliphatic rings. The lowest BCUT2D eigenvalue weighted by Gasteiger charge is -2.42. The van der Waals surface area contributed by atoms with Gasteiger partial charge in [0, 0.05) is 24.4 Å². The van der Waals surface area contributed by atoms with E-state index >= 15 is 0 Å². The van der Waals surface area contributed by atoms with Gasteiger partial charge in [-0.05, 0) is 43.9 Å². The first-order valence-electron chi connectivity index (χ1n) is 10.9. The summed E-state index contributed by atoms with van der Waals surface area (Å²) in [5.74, 6) is 0. The number of likely N-dealkylation sites (tertiary alicyclic amines) is 1. The average Bonchev–Trinajstić information content (AvgIpc) is 2.74. The largest absolute Gasteiger partial charge is 0.374 e. The number of sulfone groups is 1. The Kier molecular flexibility index (Phi) is 6.59. The average molecular weight is 427 g/mol. The van der Waals surface area contributed by atoms with Crippen molar-refractivity contribution in [1.29, 1.82) is 15.8 Å². The molecule has 0 spiro atoms. The third-order valence-electron chi connectivity index (χ3n) is 6.83. The Bertz CT molecular complexity index is 956. The molecule has 0 aromatic rings. The molecule has 3 rings (SSSR count). The van der Waals surface area contributed by atoms with Crippen molar-refractivity contribution in [1.82, 2.24) is 4.90 Å². The number of piperidine rings is 1. The second-order valence-electron chi connectivity index (χ2n) is 9.56. The summed E-state index contributed by atoms with van der Waals surface area (Å²) in [4.78, 5) is 2.12. The fourth-order valence-corrected chi connectivity index (χ4v) is 7.64. The molecule has 0 aromatic carbocycles. The van der Waals surface area contributed by atoms with Crippen LogP contribution < -0.4 is 0 Å². The molecule has 160 valence electrons. The van der Waals surface area contributed by atoms with E-state index < -0.39 is 9.84 Å². The van der Waals surface area contributed by atoms with Crippen LogP contribution in [-0.2, 0) is 9.84 Å². The second-order valence-corrected chi connectivity index (χ2v) is 12.1. The molecule has 1 saturated carbocycles. The second kappa shape index (κ2) is 8.83. The van der Waals surface area contributed by atoms with Crippen LogP contribution in [0.15, 0.2) is 22.4 Å². The standard InChI is InChI=1S/C23H30N4O2S/c1-23(2)12-20(17(14-24)15-25)21(16-26)22(13-23)27-10-8-19(9-11-27)30(28,29)18-6-4-3-5-7-18/h18-19H,3-13H2,1-2H3. The van der Waals surface area contributed by atoms with Crippen LogP contribution in [0.3, 0.4) is 0 Å². The van der Waals surface area contributed by atoms with Crippen LogP contribution in [0.25, 0.3) is 0 Å². The molecule has 2 fully saturated rings. The monoisotopic (exact) mass is 426 g/mol. The van der Waals surface area contributed by atoms with E-state index in [-0.39, 0.29) is 21.5 Å². The van der Waals surface area contributed by atoms with Gasteiger partial charge in [0.1, 0.15) is 23.8 Å². The van der Waals surface area contributed by atoms with Crippen molar-refractivity contribution < 1.29 is 8.42 Å². The molecule has 7 heteroatoms. The zero-order valence-electron chi connectivity index (χ0n) is 17.9. The summed E-state index contributed by atoms with van der Waals surface area (Å²) < 4.78 is 26.2. The van der Waals surface area contributed by atoms with Crippen molar-refractivity contribution in [3.05, 3.63) is 22.4 Å². The molecule has 1 saturated heterocycles. The van der Waals surface area contributed by atoms with Crippen LogP contribution in [0.2, 0.25) is 0 Å². The summed E-state index contributed by atoms with van der Waals surface area (Å²) >= 11 is 0. The normalized spacial score (nSPS) is 23.4. The molecule has 0 aromatic heterocycles. The first-order valence-corrected chi connectivity index (χ1v) is 12.5. The Morgan fingerprint density at radius 2 is 1.50 bits per heavy atom. The quantitative estimate of drug-likeness (QED) is 0.627. The molecule has 1 aliphatic heterocycles. The van der Waals surface area contributed by atoms with Crippen LogP contribution >= 0.6 is 0 Å². The van der Waals surface area contributed by atoms with Crippen LogP contribution in [0.4, 0.5) is 0 Å². The molecule has 0 amide bonds. The van der Waals surface area contributed by atoms with Gasteiger partial charge < -0.3 is 4.90 Å². The van der Waals surface area contributed by atoms with Gasteiger partial charge in [0.05, 0.1) is 16.1 Å². The van der Waals surface area contributed by atoms with E-state index in [4.69, 9.17) is 0 Å². The summed E-state index contributed by atoms with van der Waals surface area (Å²) in [7, 11) is -3.12. The Labute approximate surface area is 180 Å². The van der Waals surface area contributed by atoms with Gasteiger partial charge in [-0.15, -0.1) is 0 Å². The SMILES string of the molecule is CC1(C)CC(=C(C#N)C#N)C(C#N)=C(N2CCC(S(=O)(=O)C3CCCCC3)CC2)C1. The zero-order valence-corrected chi connectivity index (χ0v) is 18.8. The molecular weight excluding hydrogens is 396 g/mol. The van der Waals surface area contributed by atoms with Crippen molar-refractivity contribution in [2.45, 2.75) is 82.1 Å². The maximum atomic E-state index is 13.1. The molecule has 30 heavy (non-hydrogen) atoms. The molecule has 6 nitrogen and oxygen atoms in total. The first-order chi connectivity index (χ1) is 14.2. The van der Waals surface area contributed by atoms with Gasteiger partial charge in [0.2, 0.25) is 0 Å². The molecule has 2 aliphatic carbocycles. The molecule has 0 radical (unpaired) electrons. The number of allylic oxidation sites excluding steroid dienone is 4. The van der Waals surface area contributed by atoms with Crippen molar-refractivity contribution in [2.75, 3.05) is 13.1 Å². The van der Waals surface area contributed by atoms with Crippen molar-refractivity contribution >= 4 is 9.84 Å². The van der Waals surface area contributed by atoms with Gasteiger partial charge in [-0.1, -0.05) is 33.1 Å². The van der Waals surface area contributed by atoms with Crippen LogP contribution in [-0.4, -0.2) is 36.9 Å². The molecule has 0 N–H and O–H groups in total. The van der Waals surface area contributed by atoms with E-state index in [0.717, 1.165) is 37.8 Å². The molecule has 0 bridgehead atoms. The first kappa shape index (κ1) is 22.4. The van der Waals surface area contributed by atoms with E-state index in [9.17, 15) is 24.2 Å². The number of nitriles is 3. The Balaban J connectivity index is 1.84. The lowest BCUT2D eigenvalue weighted by Crippen LogP contribution is -2.43.